The predicted octanol–water partition coefficient (Wildman–Crippen LogP) is 6.28. The van der Waals surface area contributed by atoms with Crippen LogP contribution in [0, 0.1) is 0 Å². The van der Waals surface area contributed by atoms with Crippen LogP contribution >= 0.6 is 0 Å². The van der Waals surface area contributed by atoms with Gasteiger partial charge >= 0.3 is 0 Å². The zero-order chi connectivity index (χ0) is 18.3. The highest BCUT2D eigenvalue weighted by atomic mass is 16.5. The first-order valence-electron chi connectivity index (χ1n) is 9.90. The molecule has 4 nitrogen and oxygen atoms in total. The highest BCUT2D eigenvalue weighted by Crippen LogP contribution is 2.26. The summed E-state index contributed by atoms with van der Waals surface area (Å²) in [5.74, 6) is 0.773. The van der Waals surface area contributed by atoms with Gasteiger partial charge in [0.05, 0.1) is 12.3 Å². The molecule has 0 aliphatic carbocycles. The summed E-state index contributed by atoms with van der Waals surface area (Å²) in [7, 11) is 0. The van der Waals surface area contributed by atoms with Crippen LogP contribution < -0.4 is 4.74 Å². The third kappa shape index (κ3) is 8.80. The van der Waals surface area contributed by atoms with Gasteiger partial charge in [-0.25, -0.2) is 0 Å². The van der Waals surface area contributed by atoms with Crippen LogP contribution in [0.5, 0.6) is 11.5 Å². The van der Waals surface area contributed by atoms with E-state index in [1.54, 1.807) is 12.1 Å². The number of phenols is 1. The average molecular weight is 350 g/mol. The Kier molecular flexibility index (Phi) is 11.6. The Hall–Kier alpha value is -1.71. The van der Waals surface area contributed by atoms with Crippen LogP contribution in [0.2, 0.25) is 0 Å². The van der Waals surface area contributed by atoms with Crippen molar-refractivity contribution in [1.82, 2.24) is 0 Å². The summed E-state index contributed by atoms with van der Waals surface area (Å²) in [6, 6.07) is 5.22. The van der Waals surface area contributed by atoms with Crippen LogP contribution in [0.4, 0.5) is 0 Å². The van der Waals surface area contributed by atoms with Gasteiger partial charge in [0.1, 0.15) is 11.5 Å². The van der Waals surface area contributed by atoms with Crippen LogP contribution in [0.15, 0.2) is 23.4 Å². The van der Waals surface area contributed by atoms with Crippen molar-refractivity contribution in [1.29, 1.82) is 0 Å². The normalized spacial score (nSPS) is 11.7. The van der Waals surface area contributed by atoms with Crippen molar-refractivity contribution in [3.63, 3.8) is 0 Å². The van der Waals surface area contributed by atoms with Crippen LogP contribution in [0.25, 0.3) is 0 Å². The van der Waals surface area contributed by atoms with E-state index in [2.05, 4.69) is 19.0 Å². The second-order valence-corrected chi connectivity index (χ2v) is 6.65. The fourth-order valence-electron chi connectivity index (χ4n) is 2.88. The molecule has 0 amide bonds. The smallest absolute Gasteiger partial charge is 0.128 e. The molecule has 0 unspecified atom stereocenters. The van der Waals surface area contributed by atoms with Crippen LogP contribution in [-0.4, -0.2) is 22.6 Å². The molecular weight excluding hydrogens is 314 g/mol. The lowest BCUT2D eigenvalue weighted by Gasteiger charge is -2.10. The summed E-state index contributed by atoms with van der Waals surface area (Å²) in [6.07, 6.45) is 12.5. The largest absolute Gasteiger partial charge is 0.507 e. The van der Waals surface area contributed by atoms with Gasteiger partial charge in [0, 0.05) is 11.6 Å². The standard InChI is InChI=1S/C21H35NO3/c1-3-5-7-8-9-10-11-13-20(22-24)19-15-14-18(17-21(19)23)25-16-12-6-4-2/h14-15,17,23-24H,3-13,16H2,1-2H3/b22-20+. The van der Waals surface area contributed by atoms with E-state index in [1.807, 2.05) is 6.07 Å². The molecule has 4 heteroatoms. The minimum atomic E-state index is 0.115. The van der Waals surface area contributed by atoms with Gasteiger partial charge in [-0.15, -0.1) is 0 Å². The van der Waals surface area contributed by atoms with Gasteiger partial charge in [-0.05, 0) is 31.4 Å². The SMILES string of the molecule is CCCCCCCCC/C(=N\O)c1ccc(OCCCCC)cc1O. The van der Waals surface area contributed by atoms with Gasteiger partial charge in [-0.2, -0.15) is 0 Å². The Labute approximate surface area is 152 Å². The minimum Gasteiger partial charge on any atom is -0.507 e. The maximum atomic E-state index is 10.2. The Morgan fingerprint density at radius 1 is 0.920 bits per heavy atom. The molecule has 1 aromatic carbocycles. The van der Waals surface area contributed by atoms with Gasteiger partial charge in [-0.3, -0.25) is 0 Å². The van der Waals surface area contributed by atoms with E-state index in [4.69, 9.17) is 4.74 Å². The Balaban J connectivity index is 2.42. The van der Waals surface area contributed by atoms with Gasteiger partial charge in [0.2, 0.25) is 0 Å². The zero-order valence-electron chi connectivity index (χ0n) is 16.0. The summed E-state index contributed by atoms with van der Waals surface area (Å²) in [5, 5.41) is 22.9. The number of phenolic OH excluding ortho intramolecular Hbond substituents is 1. The van der Waals surface area contributed by atoms with Crippen molar-refractivity contribution in [2.24, 2.45) is 5.16 Å². The fourth-order valence-corrected chi connectivity index (χ4v) is 2.88. The summed E-state index contributed by atoms with van der Waals surface area (Å²) >= 11 is 0. The van der Waals surface area contributed by atoms with E-state index in [0.29, 0.717) is 30.1 Å². The molecule has 142 valence electrons. The fraction of sp³-hybridized carbons (Fsp3) is 0.667. The number of nitrogens with zero attached hydrogens (tertiary/aromatic N) is 1. The molecule has 0 heterocycles. The van der Waals surface area contributed by atoms with Gasteiger partial charge < -0.3 is 15.1 Å². The summed E-state index contributed by atoms with van der Waals surface area (Å²) in [6.45, 7) is 5.03. The Morgan fingerprint density at radius 2 is 1.56 bits per heavy atom. The quantitative estimate of drug-likeness (QED) is 0.180. The molecule has 25 heavy (non-hydrogen) atoms. The van der Waals surface area contributed by atoms with Crippen LogP contribution in [-0.2, 0) is 0 Å². The number of hydrogen-bond acceptors (Lipinski definition) is 4. The number of ether oxygens (including phenoxy) is 1. The van der Waals surface area contributed by atoms with Crippen molar-refractivity contribution in [3.8, 4) is 11.5 Å². The Morgan fingerprint density at radius 3 is 2.20 bits per heavy atom. The molecule has 0 saturated carbocycles. The molecule has 0 aliphatic heterocycles. The maximum Gasteiger partial charge on any atom is 0.128 e. The van der Waals surface area contributed by atoms with Crippen LogP contribution in [0.1, 0.15) is 90.0 Å². The molecule has 1 rings (SSSR count). The second kappa shape index (κ2) is 13.6. The number of hydrogen-bond donors (Lipinski definition) is 2. The Bertz CT molecular complexity index is 500. The number of aromatic hydroxyl groups is 1. The lowest BCUT2D eigenvalue weighted by molar-refractivity contribution is 0.304. The monoisotopic (exact) mass is 349 g/mol. The predicted molar refractivity (Wildman–Crippen MR) is 104 cm³/mol. The first-order valence-corrected chi connectivity index (χ1v) is 9.90. The molecular formula is C21H35NO3. The summed E-state index contributed by atoms with van der Waals surface area (Å²) < 4.78 is 5.64. The zero-order valence-corrected chi connectivity index (χ0v) is 16.0. The van der Waals surface area contributed by atoms with E-state index < -0.39 is 0 Å². The molecule has 0 aliphatic rings. The van der Waals surface area contributed by atoms with Crippen molar-refractivity contribution >= 4 is 5.71 Å². The van der Waals surface area contributed by atoms with Crippen molar-refractivity contribution in [2.75, 3.05) is 6.61 Å². The molecule has 1 aromatic rings. The number of rotatable bonds is 14. The van der Waals surface area contributed by atoms with Crippen molar-refractivity contribution < 1.29 is 15.1 Å². The van der Waals surface area contributed by atoms with E-state index in [9.17, 15) is 10.3 Å². The number of unbranched alkanes of at least 4 members (excludes halogenated alkanes) is 8. The number of benzene rings is 1. The molecule has 0 radical (unpaired) electrons. The first kappa shape index (κ1) is 21.3. The topological polar surface area (TPSA) is 62.1 Å². The molecule has 0 bridgehead atoms. The molecule has 2 N–H and O–H groups in total. The molecule has 0 atom stereocenters. The summed E-state index contributed by atoms with van der Waals surface area (Å²) in [5.41, 5.74) is 1.14. The average Bonchev–Trinajstić information content (AvgIpc) is 2.62. The van der Waals surface area contributed by atoms with Gasteiger partial charge in [0.15, 0.2) is 0 Å². The van der Waals surface area contributed by atoms with E-state index in [1.165, 1.54) is 32.1 Å². The molecule has 0 spiro atoms. The number of oxime groups is 1. The lowest BCUT2D eigenvalue weighted by atomic mass is 10.0. The van der Waals surface area contributed by atoms with Crippen molar-refractivity contribution in [3.05, 3.63) is 23.8 Å². The third-order valence-electron chi connectivity index (χ3n) is 4.43. The highest BCUT2D eigenvalue weighted by Gasteiger charge is 2.11. The summed E-state index contributed by atoms with van der Waals surface area (Å²) in [4.78, 5) is 0. The first-order chi connectivity index (χ1) is 12.2. The molecule has 0 fully saturated rings. The lowest BCUT2D eigenvalue weighted by Crippen LogP contribution is -2.03. The van der Waals surface area contributed by atoms with E-state index >= 15 is 0 Å². The third-order valence-corrected chi connectivity index (χ3v) is 4.43. The van der Waals surface area contributed by atoms with E-state index in [-0.39, 0.29) is 5.75 Å². The molecule has 0 saturated heterocycles. The van der Waals surface area contributed by atoms with Crippen LogP contribution in [0.3, 0.4) is 0 Å². The van der Waals surface area contributed by atoms with Gasteiger partial charge in [-0.1, -0.05) is 70.4 Å². The van der Waals surface area contributed by atoms with E-state index in [0.717, 1.165) is 32.1 Å². The maximum absolute atomic E-state index is 10.2. The minimum absolute atomic E-state index is 0.115. The second-order valence-electron chi connectivity index (χ2n) is 6.65. The molecule has 0 aromatic heterocycles. The van der Waals surface area contributed by atoms with Gasteiger partial charge in [0.25, 0.3) is 0 Å². The van der Waals surface area contributed by atoms with Crippen molar-refractivity contribution in [2.45, 2.75) is 84.5 Å². The highest BCUT2D eigenvalue weighted by molar-refractivity contribution is 6.02.